The van der Waals surface area contributed by atoms with Crippen molar-refractivity contribution in [2.24, 2.45) is 23.7 Å². The number of fused-ring (bicyclic) bond motifs is 1. The van der Waals surface area contributed by atoms with Crippen LogP contribution in [0.1, 0.15) is 63.3 Å². The third kappa shape index (κ3) is 3.74. The van der Waals surface area contributed by atoms with Gasteiger partial charge in [-0.05, 0) is 79.9 Å². The van der Waals surface area contributed by atoms with Crippen LogP contribution >= 0.6 is 0 Å². The van der Waals surface area contributed by atoms with Gasteiger partial charge < -0.3 is 10.3 Å². The molecular weight excluding hydrogens is 442 g/mol. The van der Waals surface area contributed by atoms with Crippen molar-refractivity contribution in [3.63, 3.8) is 0 Å². The first-order valence-electron chi connectivity index (χ1n) is 13.0. The molecule has 184 valence electrons. The summed E-state index contributed by atoms with van der Waals surface area (Å²) in [5.74, 6) is 4.19. The fourth-order valence-corrected chi connectivity index (χ4v) is 7.33. The molecule has 0 saturated heterocycles. The number of aromatic amines is 1. The second-order valence-electron chi connectivity index (χ2n) is 10.9. The number of aryl methyl sites for hydroxylation is 2. The van der Waals surface area contributed by atoms with Crippen LogP contribution < -0.4 is 16.6 Å². The van der Waals surface area contributed by atoms with E-state index in [4.69, 9.17) is 4.98 Å². The normalized spacial score (nSPS) is 26.6. The zero-order chi connectivity index (χ0) is 24.3. The third-order valence-electron chi connectivity index (χ3n) is 8.60. The molecule has 4 aliphatic rings. The molecule has 2 N–H and O–H groups in total. The summed E-state index contributed by atoms with van der Waals surface area (Å²) >= 11 is 0. The van der Waals surface area contributed by atoms with Crippen molar-refractivity contribution in [2.45, 2.75) is 71.4 Å². The molecule has 4 aliphatic carbocycles. The van der Waals surface area contributed by atoms with Gasteiger partial charge in [-0.25, -0.2) is 9.78 Å². The quantitative estimate of drug-likeness (QED) is 0.545. The summed E-state index contributed by atoms with van der Waals surface area (Å²) in [7, 11) is 0. The molecule has 0 radical (unpaired) electrons. The van der Waals surface area contributed by atoms with Gasteiger partial charge in [-0.3, -0.25) is 18.7 Å². The number of amides is 1. The summed E-state index contributed by atoms with van der Waals surface area (Å²) in [6.45, 7) is 4.29. The second-order valence-corrected chi connectivity index (χ2v) is 10.9. The fraction of sp³-hybridized carbons (Fsp3) is 0.556. The summed E-state index contributed by atoms with van der Waals surface area (Å²) in [5, 5.41) is 2.77. The largest absolute Gasteiger partial charge is 0.336 e. The monoisotopic (exact) mass is 475 g/mol. The van der Waals surface area contributed by atoms with E-state index in [0.29, 0.717) is 54.8 Å². The highest BCUT2D eigenvalue weighted by Gasteiger charge is 2.55. The topological polar surface area (TPSA) is 102 Å². The van der Waals surface area contributed by atoms with E-state index < -0.39 is 0 Å². The lowest BCUT2D eigenvalue weighted by molar-refractivity contribution is -0.114. The highest BCUT2D eigenvalue weighted by atomic mass is 16.2. The highest BCUT2D eigenvalue weighted by Crippen LogP contribution is 2.63. The number of carbonyl (C=O) groups excluding carboxylic acids is 1. The molecular formula is C27H33N5O3. The Morgan fingerprint density at radius 1 is 1.06 bits per heavy atom. The molecule has 4 fully saturated rings. The van der Waals surface area contributed by atoms with Gasteiger partial charge >= 0.3 is 5.69 Å². The molecule has 4 saturated carbocycles. The fourth-order valence-electron chi connectivity index (χ4n) is 7.33. The lowest BCUT2D eigenvalue weighted by Gasteiger charge is -2.30. The Morgan fingerprint density at radius 3 is 2.54 bits per heavy atom. The number of rotatable bonds is 7. The minimum atomic E-state index is -0.286. The number of hydrogen-bond donors (Lipinski definition) is 2. The van der Waals surface area contributed by atoms with E-state index in [1.165, 1.54) is 37.2 Å². The summed E-state index contributed by atoms with van der Waals surface area (Å²) in [6, 6.07) is 7.64. The molecule has 0 spiro atoms. The smallest absolute Gasteiger partial charge is 0.332 e. The molecule has 8 nitrogen and oxygen atoms in total. The van der Waals surface area contributed by atoms with E-state index in [1.54, 1.807) is 4.57 Å². The van der Waals surface area contributed by atoms with Gasteiger partial charge in [0, 0.05) is 31.6 Å². The van der Waals surface area contributed by atoms with Gasteiger partial charge in [0.2, 0.25) is 5.91 Å². The number of carbonyl (C=O) groups is 1. The lowest BCUT2D eigenvalue weighted by atomic mass is 9.75. The van der Waals surface area contributed by atoms with E-state index in [-0.39, 0.29) is 17.2 Å². The van der Waals surface area contributed by atoms with E-state index in [2.05, 4.69) is 10.3 Å². The van der Waals surface area contributed by atoms with E-state index in [0.717, 1.165) is 28.9 Å². The Morgan fingerprint density at radius 2 is 1.83 bits per heavy atom. The first-order valence-corrected chi connectivity index (χ1v) is 13.0. The minimum Gasteiger partial charge on any atom is -0.336 e. The molecule has 3 aromatic rings. The first-order chi connectivity index (χ1) is 16.9. The number of H-pyrrole nitrogens is 1. The van der Waals surface area contributed by atoms with Crippen molar-refractivity contribution >= 4 is 22.8 Å². The zero-order valence-corrected chi connectivity index (χ0v) is 20.4. The van der Waals surface area contributed by atoms with Crippen molar-refractivity contribution in [1.29, 1.82) is 0 Å². The van der Waals surface area contributed by atoms with Gasteiger partial charge in [-0.15, -0.1) is 0 Å². The minimum absolute atomic E-state index is 0.108. The van der Waals surface area contributed by atoms with Crippen LogP contribution in [0.5, 0.6) is 0 Å². The molecule has 1 aromatic carbocycles. The summed E-state index contributed by atoms with van der Waals surface area (Å²) < 4.78 is 3.04. The van der Waals surface area contributed by atoms with Crippen molar-refractivity contribution in [3.05, 3.63) is 56.5 Å². The number of nitrogens with zero attached hydrogens (tertiary/aromatic N) is 3. The van der Waals surface area contributed by atoms with Gasteiger partial charge in [-0.2, -0.15) is 0 Å². The zero-order valence-electron chi connectivity index (χ0n) is 20.4. The van der Waals surface area contributed by atoms with E-state index in [9.17, 15) is 14.4 Å². The maximum Gasteiger partial charge on any atom is 0.332 e. The number of benzene rings is 1. The molecule has 0 aliphatic heterocycles. The maximum atomic E-state index is 13.4. The third-order valence-corrected chi connectivity index (χ3v) is 8.60. The predicted octanol–water partition coefficient (Wildman–Crippen LogP) is 3.65. The van der Waals surface area contributed by atoms with Crippen LogP contribution in [0.2, 0.25) is 0 Å². The number of nitrogens with one attached hydrogen (secondary N) is 2. The van der Waals surface area contributed by atoms with Gasteiger partial charge in [0.25, 0.3) is 5.56 Å². The van der Waals surface area contributed by atoms with E-state index >= 15 is 0 Å². The SMILES string of the molecule is CCCn1c(=O)c2[nH]c(C3C4CC5CC(C4)C3C5)nc2n(CCc2ccc(NC(C)=O)cc2)c1=O. The average molecular weight is 476 g/mol. The van der Waals surface area contributed by atoms with Crippen LogP contribution in [0.25, 0.3) is 11.2 Å². The molecule has 8 heteroatoms. The first kappa shape index (κ1) is 22.3. The summed E-state index contributed by atoms with van der Waals surface area (Å²) in [6.07, 6.45) is 6.53. The molecule has 2 aromatic heterocycles. The van der Waals surface area contributed by atoms with Crippen LogP contribution in [0.4, 0.5) is 5.69 Å². The van der Waals surface area contributed by atoms with Crippen LogP contribution in [0.15, 0.2) is 33.9 Å². The van der Waals surface area contributed by atoms with E-state index in [1.807, 2.05) is 31.2 Å². The van der Waals surface area contributed by atoms with Crippen molar-refractivity contribution in [3.8, 4) is 0 Å². The number of hydrogen-bond acceptors (Lipinski definition) is 4. The van der Waals surface area contributed by atoms with Crippen molar-refractivity contribution in [2.75, 3.05) is 5.32 Å². The maximum absolute atomic E-state index is 13.4. The molecule has 5 atom stereocenters. The van der Waals surface area contributed by atoms with Crippen LogP contribution in [0.3, 0.4) is 0 Å². The highest BCUT2D eigenvalue weighted by molar-refractivity contribution is 5.88. The summed E-state index contributed by atoms with van der Waals surface area (Å²) in [4.78, 5) is 46.3. The Bertz CT molecular complexity index is 1400. The van der Waals surface area contributed by atoms with Crippen LogP contribution in [0, 0.1) is 23.7 Å². The lowest BCUT2D eigenvalue weighted by Crippen LogP contribution is -2.40. The number of anilines is 1. The van der Waals surface area contributed by atoms with Crippen molar-refractivity contribution in [1.82, 2.24) is 19.1 Å². The Hall–Kier alpha value is -3.16. The van der Waals surface area contributed by atoms with Gasteiger partial charge in [0.1, 0.15) is 11.3 Å². The standard InChI is InChI=1S/C27H33N5O3/c1-3-9-32-26(34)23-25(30-24(29-23)22-19-12-17-11-18(14-19)21(22)13-17)31(27(32)35)10-8-16-4-6-20(7-5-16)28-15(2)33/h4-7,17-19,21-22H,3,8-14H2,1-2H3,(H,28,33)(H,29,30). The number of aromatic nitrogens is 4. The molecule has 7 rings (SSSR count). The summed E-state index contributed by atoms with van der Waals surface area (Å²) in [5.41, 5.74) is 2.21. The molecule has 5 unspecified atom stereocenters. The second kappa shape index (κ2) is 8.50. The Kier molecular flexibility index (Phi) is 5.42. The molecule has 1 amide bonds. The number of imidazole rings is 1. The van der Waals surface area contributed by atoms with Crippen molar-refractivity contribution < 1.29 is 4.79 Å². The van der Waals surface area contributed by atoms with Gasteiger partial charge in [0.05, 0.1) is 0 Å². The molecule has 2 heterocycles. The Labute approximate surface area is 203 Å². The van der Waals surface area contributed by atoms with Crippen LogP contribution in [-0.4, -0.2) is 25.0 Å². The van der Waals surface area contributed by atoms with Crippen LogP contribution in [-0.2, 0) is 24.3 Å². The molecule has 35 heavy (non-hydrogen) atoms. The average Bonchev–Trinajstić information content (AvgIpc) is 3.45. The predicted molar refractivity (Wildman–Crippen MR) is 135 cm³/mol. The molecule has 4 bridgehead atoms. The Balaban J connectivity index is 1.36. The van der Waals surface area contributed by atoms with Gasteiger partial charge in [0.15, 0.2) is 5.65 Å². The van der Waals surface area contributed by atoms with Gasteiger partial charge in [-0.1, -0.05) is 19.1 Å².